The predicted molar refractivity (Wildman–Crippen MR) is 51.5 cm³/mol. The van der Waals surface area contributed by atoms with Crippen LogP contribution in [0.25, 0.3) is 0 Å². The van der Waals surface area contributed by atoms with E-state index in [1.807, 2.05) is 0 Å². The third-order valence-electron chi connectivity index (χ3n) is 1.46. The smallest absolute Gasteiger partial charge is 0.277 e. The minimum atomic E-state index is -0.238. The summed E-state index contributed by atoms with van der Waals surface area (Å²) in [5.74, 6) is 0.649. The molecule has 2 rings (SSSR count). The van der Waals surface area contributed by atoms with E-state index in [0.29, 0.717) is 18.2 Å². The lowest BCUT2D eigenvalue weighted by Crippen LogP contribution is -2.13. The van der Waals surface area contributed by atoms with E-state index in [0.717, 1.165) is 0 Å². The van der Waals surface area contributed by atoms with Crippen molar-refractivity contribution in [1.29, 1.82) is 0 Å². The van der Waals surface area contributed by atoms with Gasteiger partial charge in [-0.3, -0.25) is 9.78 Å². The fourth-order valence-electron chi connectivity index (χ4n) is 0.999. The number of H-pyrrole nitrogens is 1. The lowest BCUT2D eigenvalue weighted by molar-refractivity contribution is 1.16. The van der Waals surface area contributed by atoms with Crippen LogP contribution in [0.5, 0.6) is 0 Å². The maximum absolute atomic E-state index is 11.1. The van der Waals surface area contributed by atoms with Gasteiger partial charge in [-0.25, -0.2) is 0 Å². The first kappa shape index (κ1) is 9.33. The number of aromatic nitrogens is 2. The standard InChI is InChI=1S/C5H7N5O.CH5N/c6-5-9-3-2(4(11)10-5)7-1-8-3;1-2/h7H,1H2,(H4,6,8,9,10,11);2H2,1H3. The van der Waals surface area contributed by atoms with Gasteiger partial charge >= 0.3 is 0 Å². The molecule has 0 fully saturated rings. The van der Waals surface area contributed by atoms with Gasteiger partial charge in [-0.1, -0.05) is 0 Å². The van der Waals surface area contributed by atoms with Crippen LogP contribution in [0.4, 0.5) is 17.5 Å². The molecule has 0 saturated heterocycles. The van der Waals surface area contributed by atoms with Gasteiger partial charge in [-0.2, -0.15) is 4.98 Å². The maximum Gasteiger partial charge on any atom is 0.277 e. The third kappa shape index (κ3) is 1.70. The van der Waals surface area contributed by atoms with Crippen LogP contribution in [0.2, 0.25) is 0 Å². The second-order valence-electron chi connectivity index (χ2n) is 2.21. The molecule has 1 aromatic heterocycles. The number of aromatic amines is 1. The molecule has 13 heavy (non-hydrogen) atoms. The number of nitrogens with two attached hydrogens (primary N) is 2. The summed E-state index contributed by atoms with van der Waals surface area (Å²) in [6.07, 6.45) is 0. The minimum Gasteiger partial charge on any atom is -0.369 e. The summed E-state index contributed by atoms with van der Waals surface area (Å²) < 4.78 is 0. The predicted octanol–water partition coefficient (Wildman–Crippen LogP) is -1.28. The highest BCUT2D eigenvalue weighted by molar-refractivity contribution is 5.68. The van der Waals surface area contributed by atoms with E-state index in [2.05, 4.69) is 26.3 Å². The van der Waals surface area contributed by atoms with Gasteiger partial charge in [0.2, 0.25) is 5.95 Å². The Bertz CT molecular complexity index is 345. The highest BCUT2D eigenvalue weighted by Gasteiger charge is 2.14. The van der Waals surface area contributed by atoms with Gasteiger partial charge in [0.25, 0.3) is 5.56 Å². The van der Waals surface area contributed by atoms with E-state index in [4.69, 9.17) is 5.73 Å². The van der Waals surface area contributed by atoms with E-state index < -0.39 is 0 Å². The van der Waals surface area contributed by atoms with E-state index in [1.165, 1.54) is 7.05 Å². The van der Waals surface area contributed by atoms with Crippen molar-refractivity contribution in [1.82, 2.24) is 9.97 Å². The van der Waals surface area contributed by atoms with Crippen LogP contribution in [0.15, 0.2) is 4.79 Å². The number of anilines is 3. The Morgan fingerprint density at radius 2 is 2.08 bits per heavy atom. The zero-order chi connectivity index (χ0) is 9.84. The fraction of sp³-hybridized carbons (Fsp3) is 0.333. The normalized spacial score (nSPS) is 11.8. The molecular formula is C6H12N6O. The zero-order valence-corrected chi connectivity index (χ0v) is 7.22. The zero-order valence-electron chi connectivity index (χ0n) is 7.22. The molecule has 1 aliphatic heterocycles. The van der Waals surface area contributed by atoms with Crippen molar-refractivity contribution in [3.63, 3.8) is 0 Å². The molecule has 0 atom stereocenters. The molecule has 0 amide bonds. The van der Waals surface area contributed by atoms with Crippen LogP contribution >= 0.6 is 0 Å². The molecule has 0 radical (unpaired) electrons. The average Bonchev–Trinajstić information content (AvgIpc) is 2.55. The van der Waals surface area contributed by atoms with Crippen LogP contribution in [0, 0.1) is 0 Å². The first-order valence-corrected chi connectivity index (χ1v) is 3.72. The Balaban J connectivity index is 0.000000396. The molecule has 0 aliphatic carbocycles. The molecule has 7 heteroatoms. The maximum atomic E-state index is 11.1. The van der Waals surface area contributed by atoms with E-state index >= 15 is 0 Å². The van der Waals surface area contributed by atoms with Crippen LogP contribution in [0.3, 0.4) is 0 Å². The molecule has 0 spiro atoms. The molecule has 1 aliphatic rings. The molecule has 0 saturated carbocycles. The van der Waals surface area contributed by atoms with E-state index in [1.54, 1.807) is 0 Å². The summed E-state index contributed by atoms with van der Waals surface area (Å²) in [6, 6.07) is 0. The number of nitrogens with one attached hydrogen (secondary N) is 3. The van der Waals surface area contributed by atoms with Gasteiger partial charge in [0.15, 0.2) is 5.82 Å². The van der Waals surface area contributed by atoms with Crippen molar-refractivity contribution >= 4 is 17.5 Å². The lowest BCUT2D eigenvalue weighted by Gasteiger charge is -1.96. The molecule has 2 heterocycles. The summed E-state index contributed by atoms with van der Waals surface area (Å²) in [6.45, 7) is 0.523. The van der Waals surface area contributed by atoms with Gasteiger partial charge in [-0.15, -0.1) is 0 Å². The number of nitrogen functional groups attached to an aromatic ring is 1. The summed E-state index contributed by atoms with van der Waals surface area (Å²) in [4.78, 5) is 17.3. The van der Waals surface area contributed by atoms with Gasteiger partial charge in [0, 0.05) is 0 Å². The fourth-order valence-corrected chi connectivity index (χ4v) is 0.999. The van der Waals surface area contributed by atoms with Crippen LogP contribution in [-0.2, 0) is 0 Å². The van der Waals surface area contributed by atoms with Crippen molar-refractivity contribution in [2.45, 2.75) is 0 Å². The van der Waals surface area contributed by atoms with Crippen molar-refractivity contribution in [2.75, 3.05) is 30.1 Å². The Labute approximate surface area is 74.5 Å². The first-order chi connectivity index (χ1) is 6.27. The van der Waals surface area contributed by atoms with Crippen molar-refractivity contribution in [3.8, 4) is 0 Å². The Kier molecular flexibility index (Phi) is 2.70. The van der Waals surface area contributed by atoms with Gasteiger partial charge < -0.3 is 22.1 Å². The van der Waals surface area contributed by atoms with Crippen LogP contribution in [0.1, 0.15) is 0 Å². The van der Waals surface area contributed by atoms with Gasteiger partial charge in [0.1, 0.15) is 5.69 Å². The van der Waals surface area contributed by atoms with Crippen molar-refractivity contribution in [3.05, 3.63) is 10.4 Å². The highest BCUT2D eigenvalue weighted by Crippen LogP contribution is 2.17. The second kappa shape index (κ2) is 3.76. The largest absolute Gasteiger partial charge is 0.369 e. The van der Waals surface area contributed by atoms with Gasteiger partial charge in [-0.05, 0) is 7.05 Å². The third-order valence-corrected chi connectivity index (χ3v) is 1.46. The summed E-state index contributed by atoms with van der Waals surface area (Å²) in [5.41, 5.74) is 10.0. The quantitative estimate of drug-likeness (QED) is 0.342. The number of rotatable bonds is 0. The molecular weight excluding hydrogens is 172 g/mol. The summed E-state index contributed by atoms with van der Waals surface area (Å²) >= 11 is 0. The van der Waals surface area contributed by atoms with E-state index in [-0.39, 0.29) is 11.5 Å². The first-order valence-electron chi connectivity index (χ1n) is 3.72. The Hall–Kier alpha value is -1.76. The van der Waals surface area contributed by atoms with Crippen LogP contribution in [-0.4, -0.2) is 23.7 Å². The summed E-state index contributed by atoms with van der Waals surface area (Å²) in [5, 5.41) is 5.68. The molecule has 0 aromatic carbocycles. The SMILES string of the molecule is CN.Nc1nc2c(c(=O)[nH]1)NCN2. The van der Waals surface area contributed by atoms with Crippen LogP contribution < -0.4 is 27.7 Å². The second-order valence-corrected chi connectivity index (χ2v) is 2.21. The molecule has 7 N–H and O–H groups in total. The molecule has 0 bridgehead atoms. The van der Waals surface area contributed by atoms with Crippen molar-refractivity contribution in [2.24, 2.45) is 5.73 Å². The highest BCUT2D eigenvalue weighted by atomic mass is 16.1. The number of hydrogen-bond donors (Lipinski definition) is 5. The topological polar surface area (TPSA) is 122 Å². The summed E-state index contributed by atoms with van der Waals surface area (Å²) in [7, 11) is 1.50. The molecule has 1 aromatic rings. The molecule has 72 valence electrons. The van der Waals surface area contributed by atoms with E-state index in [9.17, 15) is 4.79 Å². The Morgan fingerprint density at radius 1 is 1.38 bits per heavy atom. The Morgan fingerprint density at radius 3 is 2.77 bits per heavy atom. The number of hydrogen-bond acceptors (Lipinski definition) is 6. The monoisotopic (exact) mass is 184 g/mol. The minimum absolute atomic E-state index is 0.130. The lowest BCUT2D eigenvalue weighted by atomic mass is 10.5. The number of nitrogens with zero attached hydrogens (tertiary/aromatic N) is 1. The number of fused-ring (bicyclic) bond motifs is 1. The molecule has 0 unspecified atom stereocenters. The molecule has 7 nitrogen and oxygen atoms in total. The van der Waals surface area contributed by atoms with Crippen molar-refractivity contribution < 1.29 is 0 Å². The van der Waals surface area contributed by atoms with Gasteiger partial charge in [0.05, 0.1) is 6.67 Å². The average molecular weight is 184 g/mol.